The Labute approximate surface area is 73.4 Å². The second-order valence-electron chi connectivity index (χ2n) is 3.44. The zero-order valence-electron chi connectivity index (χ0n) is 8.14. The van der Waals surface area contributed by atoms with Crippen LogP contribution in [0, 0.1) is 5.41 Å². The Morgan fingerprint density at radius 2 is 1.92 bits per heavy atom. The van der Waals surface area contributed by atoms with Crippen LogP contribution >= 0.6 is 0 Å². The van der Waals surface area contributed by atoms with Crippen molar-refractivity contribution in [3.8, 4) is 0 Å². The molecule has 0 amide bonds. The van der Waals surface area contributed by atoms with Crippen LogP contribution < -0.4 is 0 Å². The normalized spacial score (nSPS) is 10.7. The Morgan fingerprint density at radius 1 is 1.42 bits per heavy atom. The number of hydrogen-bond acceptors (Lipinski definition) is 3. The van der Waals surface area contributed by atoms with Crippen molar-refractivity contribution in [2.75, 3.05) is 6.61 Å². The molecule has 0 spiro atoms. The molecule has 0 aliphatic rings. The molecule has 0 heterocycles. The molecule has 0 saturated carbocycles. The van der Waals surface area contributed by atoms with Crippen LogP contribution in [0.2, 0.25) is 0 Å². The van der Waals surface area contributed by atoms with Gasteiger partial charge in [0.1, 0.15) is 0 Å². The van der Waals surface area contributed by atoms with Crippen LogP contribution in [0.1, 0.15) is 27.7 Å². The summed E-state index contributed by atoms with van der Waals surface area (Å²) >= 11 is 0. The fourth-order valence-electron chi connectivity index (χ4n) is 0.447. The number of rotatable bonds is 3. The number of carbonyl (C=O) groups excluding carboxylic acids is 1. The van der Waals surface area contributed by atoms with Crippen molar-refractivity contribution in [3.63, 3.8) is 0 Å². The van der Waals surface area contributed by atoms with E-state index < -0.39 is 5.41 Å². The van der Waals surface area contributed by atoms with Crippen LogP contribution in [0.15, 0.2) is 12.5 Å². The summed E-state index contributed by atoms with van der Waals surface area (Å²) in [5.74, 6) is -0.265. The van der Waals surface area contributed by atoms with Gasteiger partial charge >= 0.3 is 5.97 Å². The largest absolute Gasteiger partial charge is 0.466 e. The monoisotopic (exact) mass is 172 g/mol. The van der Waals surface area contributed by atoms with Crippen LogP contribution in [-0.2, 0) is 14.3 Å². The third kappa shape index (κ3) is 4.01. The predicted molar refractivity (Wildman–Crippen MR) is 46.3 cm³/mol. The van der Waals surface area contributed by atoms with E-state index in [2.05, 4.69) is 6.58 Å². The molecule has 0 atom stereocenters. The van der Waals surface area contributed by atoms with E-state index in [0.717, 1.165) is 0 Å². The van der Waals surface area contributed by atoms with Crippen molar-refractivity contribution in [2.45, 2.75) is 27.7 Å². The van der Waals surface area contributed by atoms with Gasteiger partial charge in [0.25, 0.3) is 5.95 Å². The molecule has 0 saturated heterocycles. The first kappa shape index (κ1) is 11.0. The lowest BCUT2D eigenvalue weighted by molar-refractivity contribution is -0.154. The minimum Gasteiger partial charge on any atom is -0.466 e. The van der Waals surface area contributed by atoms with Gasteiger partial charge < -0.3 is 9.47 Å². The molecule has 0 aromatic rings. The Hall–Kier alpha value is -0.990. The smallest absolute Gasteiger partial charge is 0.318 e. The summed E-state index contributed by atoms with van der Waals surface area (Å²) in [6, 6.07) is 0. The molecule has 70 valence electrons. The molecule has 0 unspecified atom stereocenters. The summed E-state index contributed by atoms with van der Waals surface area (Å²) < 4.78 is 9.67. The van der Waals surface area contributed by atoms with Gasteiger partial charge in [0.05, 0.1) is 12.0 Å². The zero-order valence-corrected chi connectivity index (χ0v) is 8.14. The Bertz CT molecular complexity index is 177. The van der Waals surface area contributed by atoms with Gasteiger partial charge in [-0.2, -0.15) is 0 Å². The molecule has 3 nitrogen and oxygen atoms in total. The van der Waals surface area contributed by atoms with E-state index in [-0.39, 0.29) is 11.9 Å². The van der Waals surface area contributed by atoms with E-state index >= 15 is 0 Å². The highest BCUT2D eigenvalue weighted by molar-refractivity contribution is 5.76. The Morgan fingerprint density at radius 3 is 2.25 bits per heavy atom. The SMILES string of the molecule is C=C(OCC)OC(=O)C(C)(C)C. The first-order valence-corrected chi connectivity index (χ1v) is 3.92. The van der Waals surface area contributed by atoms with E-state index in [1.54, 1.807) is 27.7 Å². The topological polar surface area (TPSA) is 35.5 Å². The van der Waals surface area contributed by atoms with Crippen molar-refractivity contribution in [1.29, 1.82) is 0 Å². The van der Waals surface area contributed by atoms with Gasteiger partial charge in [-0.25, -0.2) is 0 Å². The predicted octanol–water partition coefficient (Wildman–Crippen LogP) is 2.08. The van der Waals surface area contributed by atoms with Gasteiger partial charge in [0.15, 0.2) is 0 Å². The van der Waals surface area contributed by atoms with Crippen molar-refractivity contribution in [1.82, 2.24) is 0 Å². The van der Waals surface area contributed by atoms with Crippen LogP contribution in [0.25, 0.3) is 0 Å². The molecule has 0 aliphatic heterocycles. The summed E-state index contributed by atoms with van der Waals surface area (Å²) in [4.78, 5) is 11.2. The van der Waals surface area contributed by atoms with Gasteiger partial charge in [-0.05, 0) is 34.3 Å². The second kappa shape index (κ2) is 4.14. The first-order chi connectivity index (χ1) is 5.38. The van der Waals surface area contributed by atoms with Crippen molar-refractivity contribution in [2.24, 2.45) is 5.41 Å². The minimum atomic E-state index is -0.514. The summed E-state index contributed by atoms with van der Waals surface area (Å²) in [7, 11) is 0. The van der Waals surface area contributed by atoms with E-state index in [1.165, 1.54) is 0 Å². The molecule has 0 radical (unpaired) electrons. The highest BCUT2D eigenvalue weighted by atomic mass is 16.7. The highest BCUT2D eigenvalue weighted by Gasteiger charge is 2.24. The number of esters is 1. The number of ether oxygens (including phenoxy) is 2. The minimum absolute atomic E-state index is 0.0671. The van der Waals surface area contributed by atoms with Gasteiger partial charge in [-0.15, -0.1) is 0 Å². The average Bonchev–Trinajstić information content (AvgIpc) is 1.85. The van der Waals surface area contributed by atoms with Crippen LogP contribution in [0.4, 0.5) is 0 Å². The molecule has 0 aromatic carbocycles. The standard InChI is InChI=1S/C9H16O3/c1-6-11-7(2)12-8(10)9(3,4)5/h2,6H2,1,3-5H3. The van der Waals surface area contributed by atoms with Crippen molar-refractivity contribution < 1.29 is 14.3 Å². The van der Waals surface area contributed by atoms with Crippen LogP contribution in [0.3, 0.4) is 0 Å². The molecule has 0 rings (SSSR count). The Kier molecular flexibility index (Phi) is 3.80. The molecule has 0 aromatic heterocycles. The fraction of sp³-hybridized carbons (Fsp3) is 0.667. The molecule has 0 bridgehead atoms. The van der Waals surface area contributed by atoms with Gasteiger partial charge in [0, 0.05) is 0 Å². The van der Waals surface area contributed by atoms with E-state index in [4.69, 9.17) is 9.47 Å². The maximum absolute atomic E-state index is 11.2. The average molecular weight is 172 g/mol. The van der Waals surface area contributed by atoms with Gasteiger partial charge in [-0.3, -0.25) is 4.79 Å². The maximum Gasteiger partial charge on any atom is 0.318 e. The Balaban J connectivity index is 3.94. The lowest BCUT2D eigenvalue weighted by Gasteiger charge is -2.16. The molecule has 12 heavy (non-hydrogen) atoms. The number of hydrogen-bond donors (Lipinski definition) is 0. The van der Waals surface area contributed by atoms with Crippen LogP contribution in [0.5, 0.6) is 0 Å². The summed E-state index contributed by atoms with van der Waals surface area (Å²) in [6.07, 6.45) is 0. The van der Waals surface area contributed by atoms with Crippen molar-refractivity contribution in [3.05, 3.63) is 12.5 Å². The second-order valence-corrected chi connectivity index (χ2v) is 3.44. The number of carbonyl (C=O) groups is 1. The molecule has 0 N–H and O–H groups in total. The van der Waals surface area contributed by atoms with Gasteiger partial charge in [0.2, 0.25) is 0 Å². The summed E-state index contributed by atoms with van der Waals surface area (Å²) in [5, 5.41) is 0. The third-order valence-corrected chi connectivity index (χ3v) is 1.12. The summed E-state index contributed by atoms with van der Waals surface area (Å²) in [6.45, 7) is 11.0. The quantitative estimate of drug-likeness (QED) is 0.483. The van der Waals surface area contributed by atoms with Gasteiger partial charge in [-0.1, -0.05) is 0 Å². The summed E-state index contributed by atoms with van der Waals surface area (Å²) in [5.41, 5.74) is -0.514. The van der Waals surface area contributed by atoms with Crippen LogP contribution in [-0.4, -0.2) is 12.6 Å². The fourth-order valence-corrected chi connectivity index (χ4v) is 0.447. The molecule has 0 aliphatic carbocycles. The van der Waals surface area contributed by atoms with Crippen molar-refractivity contribution >= 4 is 5.97 Å². The van der Waals surface area contributed by atoms with E-state index in [9.17, 15) is 4.79 Å². The van der Waals surface area contributed by atoms with E-state index in [0.29, 0.717) is 6.61 Å². The zero-order chi connectivity index (χ0) is 9.78. The molecular formula is C9H16O3. The molecule has 0 fully saturated rings. The molecule has 3 heteroatoms. The first-order valence-electron chi connectivity index (χ1n) is 3.92. The maximum atomic E-state index is 11.2. The molecular weight excluding hydrogens is 156 g/mol. The van der Waals surface area contributed by atoms with E-state index in [1.807, 2.05) is 0 Å². The lowest BCUT2D eigenvalue weighted by atomic mass is 9.97. The lowest BCUT2D eigenvalue weighted by Crippen LogP contribution is -2.23. The highest BCUT2D eigenvalue weighted by Crippen LogP contribution is 2.16. The third-order valence-electron chi connectivity index (χ3n) is 1.12.